The zero-order chi connectivity index (χ0) is 16.4. The van der Waals surface area contributed by atoms with Crippen molar-refractivity contribution in [3.63, 3.8) is 0 Å². The molecule has 3 rings (SSSR count). The van der Waals surface area contributed by atoms with Crippen LogP contribution in [0.4, 0.5) is 13.2 Å². The molecule has 0 saturated carbocycles. The van der Waals surface area contributed by atoms with Gasteiger partial charge in [-0.05, 0) is 35.9 Å². The van der Waals surface area contributed by atoms with Crippen molar-refractivity contribution in [1.82, 2.24) is 0 Å². The molecule has 23 heavy (non-hydrogen) atoms. The van der Waals surface area contributed by atoms with E-state index in [2.05, 4.69) is 4.99 Å². The Balaban J connectivity index is 1.88. The molecule has 1 aliphatic rings. The van der Waals surface area contributed by atoms with E-state index in [1.165, 1.54) is 18.2 Å². The molecule has 0 radical (unpaired) electrons. The zero-order valence-corrected chi connectivity index (χ0v) is 11.7. The van der Waals surface area contributed by atoms with Gasteiger partial charge in [0.1, 0.15) is 0 Å². The molecule has 0 fully saturated rings. The first-order chi connectivity index (χ1) is 10.9. The van der Waals surface area contributed by atoms with Gasteiger partial charge >= 0.3 is 12.1 Å². The first-order valence-corrected chi connectivity index (χ1v) is 6.69. The highest BCUT2D eigenvalue weighted by atomic mass is 19.4. The van der Waals surface area contributed by atoms with E-state index >= 15 is 0 Å². The lowest BCUT2D eigenvalue weighted by molar-refractivity contribution is -0.137. The van der Waals surface area contributed by atoms with Crippen molar-refractivity contribution in [2.24, 2.45) is 4.99 Å². The number of hydrogen-bond donors (Lipinski definition) is 0. The summed E-state index contributed by atoms with van der Waals surface area (Å²) in [5.74, 6) is -0.461. The van der Waals surface area contributed by atoms with E-state index in [1.54, 1.807) is 24.3 Å². The van der Waals surface area contributed by atoms with Crippen molar-refractivity contribution in [3.8, 4) is 0 Å². The maximum Gasteiger partial charge on any atom is 0.416 e. The van der Waals surface area contributed by atoms with E-state index in [-0.39, 0.29) is 11.6 Å². The Hall–Kier alpha value is -2.89. The highest BCUT2D eigenvalue weighted by Crippen LogP contribution is 2.29. The predicted octanol–water partition coefficient (Wildman–Crippen LogP) is 4.05. The predicted molar refractivity (Wildman–Crippen MR) is 78.5 cm³/mol. The molecule has 0 saturated heterocycles. The summed E-state index contributed by atoms with van der Waals surface area (Å²) in [6, 6.07) is 13.3. The van der Waals surface area contributed by atoms with E-state index < -0.39 is 17.7 Å². The maximum absolute atomic E-state index is 12.5. The molecule has 0 N–H and O–H groups in total. The standard InChI is InChI=1S/C17H10F3NO2/c18-17(19,20)13-8-6-11(7-9-13)10-14-16(22)23-15(21-14)12-4-2-1-3-5-12/h1-10H/b14-10-. The number of ether oxygens (including phenoxy) is 1. The summed E-state index contributed by atoms with van der Waals surface area (Å²) in [4.78, 5) is 15.9. The van der Waals surface area contributed by atoms with Gasteiger partial charge in [-0.3, -0.25) is 0 Å². The number of aliphatic imine (C=N–C) groups is 1. The third-order valence-corrected chi connectivity index (χ3v) is 3.18. The van der Waals surface area contributed by atoms with Gasteiger partial charge in [-0.15, -0.1) is 0 Å². The van der Waals surface area contributed by atoms with Gasteiger partial charge in [-0.2, -0.15) is 13.2 Å². The van der Waals surface area contributed by atoms with Gasteiger partial charge in [-0.1, -0.05) is 30.3 Å². The third-order valence-electron chi connectivity index (χ3n) is 3.18. The number of nitrogens with zero attached hydrogens (tertiary/aromatic N) is 1. The van der Waals surface area contributed by atoms with Crippen LogP contribution in [0.25, 0.3) is 6.08 Å². The van der Waals surface area contributed by atoms with Crippen LogP contribution < -0.4 is 0 Å². The molecule has 0 unspecified atom stereocenters. The van der Waals surface area contributed by atoms with E-state index in [4.69, 9.17) is 4.74 Å². The van der Waals surface area contributed by atoms with Crippen LogP contribution in [0.3, 0.4) is 0 Å². The van der Waals surface area contributed by atoms with Gasteiger partial charge < -0.3 is 4.74 Å². The normalized spacial score (nSPS) is 16.4. The Kier molecular flexibility index (Phi) is 3.73. The second kappa shape index (κ2) is 5.72. The summed E-state index contributed by atoms with van der Waals surface area (Å²) in [7, 11) is 0. The molecule has 0 aromatic heterocycles. The van der Waals surface area contributed by atoms with Crippen LogP contribution in [0.5, 0.6) is 0 Å². The number of rotatable bonds is 2. The Morgan fingerprint density at radius 1 is 0.957 bits per heavy atom. The van der Waals surface area contributed by atoms with Crippen molar-refractivity contribution in [3.05, 3.63) is 77.0 Å². The Morgan fingerprint density at radius 3 is 2.22 bits per heavy atom. The highest BCUT2D eigenvalue weighted by molar-refractivity contribution is 6.12. The van der Waals surface area contributed by atoms with Crippen LogP contribution in [-0.4, -0.2) is 11.9 Å². The largest absolute Gasteiger partial charge is 0.416 e. The van der Waals surface area contributed by atoms with E-state index in [1.807, 2.05) is 6.07 Å². The number of cyclic esters (lactones) is 1. The van der Waals surface area contributed by atoms with Gasteiger partial charge in [0.2, 0.25) is 5.90 Å². The quantitative estimate of drug-likeness (QED) is 0.619. The highest BCUT2D eigenvalue weighted by Gasteiger charge is 2.30. The molecule has 2 aromatic rings. The summed E-state index contributed by atoms with van der Waals surface area (Å²) in [5.41, 5.74) is 0.380. The average Bonchev–Trinajstić information content (AvgIpc) is 2.89. The van der Waals surface area contributed by atoms with E-state index in [0.29, 0.717) is 11.1 Å². The van der Waals surface area contributed by atoms with Crippen LogP contribution in [0.2, 0.25) is 0 Å². The first-order valence-electron chi connectivity index (χ1n) is 6.69. The molecular formula is C17H10F3NO2. The number of alkyl halides is 3. The van der Waals surface area contributed by atoms with Gasteiger partial charge in [0, 0.05) is 5.56 Å². The summed E-state index contributed by atoms with van der Waals surface area (Å²) >= 11 is 0. The minimum Gasteiger partial charge on any atom is -0.402 e. The molecule has 0 spiro atoms. The second-order valence-electron chi connectivity index (χ2n) is 4.82. The minimum absolute atomic E-state index is 0.0450. The lowest BCUT2D eigenvalue weighted by atomic mass is 10.1. The number of carbonyl (C=O) groups excluding carboxylic acids is 1. The van der Waals surface area contributed by atoms with Crippen LogP contribution in [-0.2, 0) is 15.7 Å². The third kappa shape index (κ3) is 3.31. The fraction of sp³-hybridized carbons (Fsp3) is 0.0588. The fourth-order valence-corrected chi connectivity index (χ4v) is 2.04. The molecule has 1 aliphatic heterocycles. The Morgan fingerprint density at radius 2 is 1.61 bits per heavy atom. The second-order valence-corrected chi connectivity index (χ2v) is 4.82. The van der Waals surface area contributed by atoms with Crippen LogP contribution in [0, 0.1) is 0 Å². The Labute approximate surface area is 129 Å². The monoisotopic (exact) mass is 317 g/mol. The van der Waals surface area contributed by atoms with Crippen LogP contribution in [0.1, 0.15) is 16.7 Å². The molecule has 1 heterocycles. The number of hydrogen-bond acceptors (Lipinski definition) is 3. The molecule has 0 amide bonds. The van der Waals surface area contributed by atoms with E-state index in [9.17, 15) is 18.0 Å². The zero-order valence-electron chi connectivity index (χ0n) is 11.7. The molecule has 6 heteroatoms. The number of benzene rings is 2. The first kappa shape index (κ1) is 15.0. The maximum atomic E-state index is 12.5. The lowest BCUT2D eigenvalue weighted by Gasteiger charge is -2.05. The molecule has 3 nitrogen and oxygen atoms in total. The van der Waals surface area contributed by atoms with Crippen molar-refractivity contribution in [2.45, 2.75) is 6.18 Å². The van der Waals surface area contributed by atoms with Gasteiger partial charge in [0.15, 0.2) is 5.70 Å². The van der Waals surface area contributed by atoms with Crippen molar-refractivity contribution in [1.29, 1.82) is 0 Å². The summed E-state index contributed by atoms with van der Waals surface area (Å²) in [5, 5.41) is 0. The number of carbonyl (C=O) groups is 1. The summed E-state index contributed by atoms with van der Waals surface area (Å²) < 4.78 is 42.6. The molecule has 0 bridgehead atoms. The number of esters is 1. The summed E-state index contributed by atoms with van der Waals surface area (Å²) in [6.45, 7) is 0. The van der Waals surface area contributed by atoms with Gasteiger partial charge in [0.25, 0.3) is 0 Å². The smallest absolute Gasteiger partial charge is 0.402 e. The van der Waals surface area contributed by atoms with E-state index in [0.717, 1.165) is 12.1 Å². The van der Waals surface area contributed by atoms with Gasteiger partial charge in [0.05, 0.1) is 5.56 Å². The SMILES string of the molecule is O=C1OC(c2ccccc2)=N/C1=C\c1ccc(C(F)(F)F)cc1. The van der Waals surface area contributed by atoms with Crippen molar-refractivity contribution >= 4 is 17.9 Å². The summed E-state index contributed by atoms with van der Waals surface area (Å²) in [6.07, 6.45) is -3.00. The minimum atomic E-state index is -4.39. The van der Waals surface area contributed by atoms with Crippen LogP contribution >= 0.6 is 0 Å². The lowest BCUT2D eigenvalue weighted by Crippen LogP contribution is -2.05. The van der Waals surface area contributed by atoms with Crippen molar-refractivity contribution in [2.75, 3.05) is 0 Å². The van der Waals surface area contributed by atoms with Crippen molar-refractivity contribution < 1.29 is 22.7 Å². The van der Waals surface area contributed by atoms with Gasteiger partial charge in [-0.25, -0.2) is 9.79 Å². The fourth-order valence-electron chi connectivity index (χ4n) is 2.04. The molecule has 0 atom stereocenters. The molecule has 116 valence electrons. The average molecular weight is 317 g/mol. The molecule has 0 aliphatic carbocycles. The number of halogens is 3. The molecular weight excluding hydrogens is 307 g/mol. The van der Waals surface area contributed by atoms with Crippen LogP contribution in [0.15, 0.2) is 65.3 Å². The molecule has 2 aromatic carbocycles. The topological polar surface area (TPSA) is 38.7 Å². The Bertz CT molecular complexity index is 791.